The number of rotatable bonds is 5. The van der Waals surface area contributed by atoms with E-state index in [1.165, 1.54) is 0 Å². The molecule has 0 spiro atoms. The van der Waals surface area contributed by atoms with E-state index in [4.69, 9.17) is 0 Å². The molecule has 7 nitrogen and oxygen atoms in total. The standard InChI is InChI=1S/C18H20N6O/c1-11(25)22-13-6-12(7-13)16-8-17(21-10-20-16)19-9-18-23-14-4-2-3-5-15(14)24-18/h2-5,8,10,12-13H,6-7,9H2,1H3,(H,22,25)(H,23,24)(H,19,20,21). The van der Waals surface area contributed by atoms with Gasteiger partial charge in [-0.2, -0.15) is 0 Å². The van der Waals surface area contributed by atoms with Crippen LogP contribution in [0, 0.1) is 0 Å². The quantitative estimate of drug-likeness (QED) is 0.665. The normalized spacial score (nSPS) is 19.4. The lowest BCUT2D eigenvalue weighted by atomic mass is 9.78. The lowest BCUT2D eigenvalue weighted by molar-refractivity contribution is -0.120. The van der Waals surface area contributed by atoms with Gasteiger partial charge in [0.05, 0.1) is 17.6 Å². The average molecular weight is 336 g/mol. The van der Waals surface area contributed by atoms with Crippen LogP contribution < -0.4 is 10.6 Å². The summed E-state index contributed by atoms with van der Waals surface area (Å²) in [6.45, 7) is 2.13. The van der Waals surface area contributed by atoms with E-state index < -0.39 is 0 Å². The Morgan fingerprint density at radius 3 is 2.92 bits per heavy atom. The number of anilines is 1. The Morgan fingerprint density at radius 1 is 1.28 bits per heavy atom. The lowest BCUT2D eigenvalue weighted by Crippen LogP contribution is -2.42. The molecule has 2 heterocycles. The third kappa shape index (κ3) is 3.45. The second kappa shape index (κ2) is 6.51. The Hall–Kier alpha value is -2.96. The highest BCUT2D eigenvalue weighted by molar-refractivity contribution is 5.74. The van der Waals surface area contributed by atoms with Gasteiger partial charge in [0.1, 0.15) is 18.0 Å². The van der Waals surface area contributed by atoms with Crippen LogP contribution in [0.1, 0.15) is 37.2 Å². The third-order valence-electron chi connectivity index (χ3n) is 4.53. The van der Waals surface area contributed by atoms with E-state index in [0.29, 0.717) is 12.5 Å². The number of benzene rings is 1. The van der Waals surface area contributed by atoms with Crippen molar-refractivity contribution >= 4 is 22.8 Å². The van der Waals surface area contributed by atoms with E-state index in [2.05, 4.69) is 30.6 Å². The molecule has 0 radical (unpaired) electrons. The highest BCUT2D eigenvalue weighted by atomic mass is 16.1. The molecule has 3 aromatic rings. The van der Waals surface area contributed by atoms with Gasteiger partial charge >= 0.3 is 0 Å². The van der Waals surface area contributed by atoms with Crippen molar-refractivity contribution in [3.8, 4) is 0 Å². The number of carbonyl (C=O) groups excluding carboxylic acids is 1. The van der Waals surface area contributed by atoms with Crippen molar-refractivity contribution in [1.82, 2.24) is 25.3 Å². The number of nitrogens with one attached hydrogen (secondary N) is 3. The zero-order chi connectivity index (χ0) is 17.2. The number of aromatic nitrogens is 4. The van der Waals surface area contributed by atoms with Gasteiger partial charge in [-0.25, -0.2) is 15.0 Å². The van der Waals surface area contributed by atoms with Crippen molar-refractivity contribution in [1.29, 1.82) is 0 Å². The predicted molar refractivity (Wildman–Crippen MR) is 95.0 cm³/mol. The van der Waals surface area contributed by atoms with Gasteiger partial charge in [-0.15, -0.1) is 0 Å². The molecule has 25 heavy (non-hydrogen) atoms. The second-order valence-corrected chi connectivity index (χ2v) is 6.45. The van der Waals surface area contributed by atoms with Crippen LogP contribution in [0.4, 0.5) is 5.82 Å². The molecule has 1 saturated carbocycles. The summed E-state index contributed by atoms with van der Waals surface area (Å²) in [7, 11) is 0. The average Bonchev–Trinajstić information content (AvgIpc) is 2.99. The first-order valence-electron chi connectivity index (χ1n) is 8.44. The van der Waals surface area contributed by atoms with Crippen LogP contribution in [0.5, 0.6) is 0 Å². The summed E-state index contributed by atoms with van der Waals surface area (Å²) in [6, 6.07) is 10.2. The molecule has 128 valence electrons. The SMILES string of the molecule is CC(=O)NC1CC(c2cc(NCc3nc4ccccc4[nH]3)ncn2)C1. The molecule has 1 fully saturated rings. The maximum Gasteiger partial charge on any atom is 0.217 e. The highest BCUT2D eigenvalue weighted by Crippen LogP contribution is 2.36. The van der Waals surface area contributed by atoms with Gasteiger partial charge in [0, 0.05) is 30.6 Å². The Labute approximate surface area is 145 Å². The van der Waals surface area contributed by atoms with E-state index in [1.807, 2.05) is 30.3 Å². The summed E-state index contributed by atoms with van der Waals surface area (Å²) in [5.74, 6) is 2.06. The number of nitrogens with zero attached hydrogens (tertiary/aromatic N) is 3. The third-order valence-corrected chi connectivity index (χ3v) is 4.53. The first kappa shape index (κ1) is 15.6. The zero-order valence-corrected chi connectivity index (χ0v) is 14.0. The fraction of sp³-hybridized carbons (Fsp3) is 0.333. The summed E-state index contributed by atoms with van der Waals surface area (Å²) in [4.78, 5) is 27.6. The van der Waals surface area contributed by atoms with Crippen molar-refractivity contribution in [2.24, 2.45) is 0 Å². The number of fused-ring (bicyclic) bond motifs is 1. The minimum absolute atomic E-state index is 0.0272. The van der Waals surface area contributed by atoms with Crippen molar-refractivity contribution in [3.63, 3.8) is 0 Å². The van der Waals surface area contributed by atoms with Crippen LogP contribution in [0.15, 0.2) is 36.7 Å². The molecule has 1 amide bonds. The number of imidazole rings is 1. The molecule has 1 aromatic carbocycles. The molecule has 0 aliphatic heterocycles. The Bertz CT molecular complexity index is 866. The number of amides is 1. The minimum atomic E-state index is 0.0272. The van der Waals surface area contributed by atoms with Gasteiger partial charge in [0.25, 0.3) is 0 Å². The van der Waals surface area contributed by atoms with Crippen molar-refractivity contribution < 1.29 is 4.79 Å². The van der Waals surface area contributed by atoms with Crippen molar-refractivity contribution in [2.75, 3.05) is 5.32 Å². The summed E-state index contributed by atoms with van der Waals surface area (Å²) in [6.07, 6.45) is 3.45. The van der Waals surface area contributed by atoms with E-state index in [1.54, 1.807) is 13.3 Å². The molecule has 0 unspecified atom stereocenters. The molecule has 0 atom stereocenters. The monoisotopic (exact) mass is 336 g/mol. The zero-order valence-electron chi connectivity index (χ0n) is 14.0. The minimum Gasteiger partial charge on any atom is -0.363 e. The number of para-hydroxylation sites is 2. The van der Waals surface area contributed by atoms with Crippen LogP contribution in [-0.4, -0.2) is 31.9 Å². The van der Waals surface area contributed by atoms with Crippen LogP contribution in [0.25, 0.3) is 11.0 Å². The highest BCUT2D eigenvalue weighted by Gasteiger charge is 2.31. The molecule has 7 heteroatoms. The van der Waals surface area contributed by atoms with Crippen LogP contribution in [0.3, 0.4) is 0 Å². The fourth-order valence-corrected chi connectivity index (χ4v) is 3.22. The van der Waals surface area contributed by atoms with E-state index >= 15 is 0 Å². The number of hydrogen-bond acceptors (Lipinski definition) is 5. The molecular formula is C18H20N6O. The van der Waals surface area contributed by atoms with E-state index in [-0.39, 0.29) is 11.9 Å². The topological polar surface area (TPSA) is 95.6 Å². The fourth-order valence-electron chi connectivity index (χ4n) is 3.22. The molecule has 0 bridgehead atoms. The maximum atomic E-state index is 11.1. The molecule has 4 rings (SSSR count). The first-order chi connectivity index (χ1) is 12.2. The van der Waals surface area contributed by atoms with Crippen LogP contribution in [0.2, 0.25) is 0 Å². The van der Waals surface area contributed by atoms with Crippen molar-refractivity contribution in [3.05, 3.63) is 48.2 Å². The van der Waals surface area contributed by atoms with Gasteiger partial charge in [0.2, 0.25) is 5.91 Å². The molecular weight excluding hydrogens is 316 g/mol. The molecule has 2 aromatic heterocycles. The summed E-state index contributed by atoms with van der Waals surface area (Å²) >= 11 is 0. The van der Waals surface area contributed by atoms with Crippen LogP contribution >= 0.6 is 0 Å². The Kier molecular flexibility index (Phi) is 4.05. The maximum absolute atomic E-state index is 11.1. The number of hydrogen-bond donors (Lipinski definition) is 3. The van der Waals surface area contributed by atoms with E-state index in [9.17, 15) is 4.79 Å². The Morgan fingerprint density at radius 2 is 2.12 bits per heavy atom. The summed E-state index contributed by atoms with van der Waals surface area (Å²) in [5.41, 5.74) is 3.01. The van der Waals surface area contributed by atoms with Crippen molar-refractivity contribution in [2.45, 2.75) is 38.3 Å². The van der Waals surface area contributed by atoms with E-state index in [0.717, 1.165) is 41.2 Å². The largest absolute Gasteiger partial charge is 0.363 e. The van der Waals surface area contributed by atoms with Gasteiger partial charge in [-0.05, 0) is 25.0 Å². The van der Waals surface area contributed by atoms with Gasteiger partial charge in [-0.1, -0.05) is 12.1 Å². The predicted octanol–water partition coefficient (Wildman–Crippen LogP) is 2.35. The number of H-pyrrole nitrogens is 1. The Balaban J connectivity index is 1.38. The number of carbonyl (C=O) groups is 1. The van der Waals surface area contributed by atoms with Gasteiger partial charge in [0.15, 0.2) is 0 Å². The number of aromatic amines is 1. The smallest absolute Gasteiger partial charge is 0.217 e. The first-order valence-corrected chi connectivity index (χ1v) is 8.44. The second-order valence-electron chi connectivity index (χ2n) is 6.45. The van der Waals surface area contributed by atoms with Gasteiger partial charge < -0.3 is 15.6 Å². The van der Waals surface area contributed by atoms with Crippen LogP contribution in [-0.2, 0) is 11.3 Å². The lowest BCUT2D eigenvalue weighted by Gasteiger charge is -2.35. The molecule has 1 aliphatic carbocycles. The van der Waals surface area contributed by atoms with Gasteiger partial charge in [-0.3, -0.25) is 4.79 Å². The summed E-state index contributed by atoms with van der Waals surface area (Å²) in [5, 5.41) is 6.24. The molecule has 0 saturated heterocycles. The molecule has 1 aliphatic rings. The molecule has 3 N–H and O–H groups in total. The summed E-state index contributed by atoms with van der Waals surface area (Å²) < 4.78 is 0.